The number of benzene rings is 1. The zero-order chi connectivity index (χ0) is 24.6. The molecule has 1 aliphatic heterocycles. The second kappa shape index (κ2) is 11.8. The van der Waals surface area contributed by atoms with Crippen LogP contribution in [0, 0.1) is 0 Å². The lowest BCUT2D eigenvalue weighted by molar-refractivity contribution is -0.164. The first kappa shape index (κ1) is 26.4. The number of carbonyl (C=O) groups is 3. The van der Waals surface area contributed by atoms with Crippen molar-refractivity contribution in [2.45, 2.75) is 70.2 Å². The molecular weight excluding hydrogens is 432 g/mol. The van der Waals surface area contributed by atoms with Gasteiger partial charge in [-0.2, -0.15) is 0 Å². The molecule has 0 saturated carbocycles. The molecule has 6 N–H and O–H groups in total. The van der Waals surface area contributed by atoms with Crippen molar-refractivity contribution in [3.8, 4) is 0 Å². The lowest BCUT2D eigenvalue weighted by Crippen LogP contribution is -2.61. The van der Waals surface area contributed by atoms with Crippen molar-refractivity contribution in [1.29, 1.82) is 0 Å². The highest BCUT2D eigenvalue weighted by Gasteiger charge is 2.37. The van der Waals surface area contributed by atoms with Gasteiger partial charge >= 0.3 is 18.1 Å². The van der Waals surface area contributed by atoms with Gasteiger partial charge in [-0.1, -0.05) is 30.3 Å². The van der Waals surface area contributed by atoms with E-state index in [-0.39, 0.29) is 19.4 Å². The minimum Gasteiger partial charge on any atom is -0.480 e. The largest absolute Gasteiger partial charge is 0.480 e. The van der Waals surface area contributed by atoms with Crippen LogP contribution in [-0.2, 0) is 16.0 Å². The molecule has 0 radical (unpaired) electrons. The predicted octanol–water partition coefficient (Wildman–Crippen LogP) is 0.607. The summed E-state index contributed by atoms with van der Waals surface area (Å²) in [5.74, 6) is -1.20. The summed E-state index contributed by atoms with van der Waals surface area (Å²) in [6.07, 6.45) is -2.14. The van der Waals surface area contributed by atoms with Crippen molar-refractivity contribution in [2.75, 3.05) is 13.1 Å². The van der Waals surface area contributed by atoms with E-state index in [1.165, 1.54) is 0 Å². The number of aliphatic hydroxyl groups excluding tert-OH is 2. The Morgan fingerprint density at radius 1 is 1.15 bits per heavy atom. The van der Waals surface area contributed by atoms with Crippen molar-refractivity contribution in [2.24, 2.45) is 0 Å². The van der Waals surface area contributed by atoms with Gasteiger partial charge in [0, 0.05) is 6.54 Å². The van der Waals surface area contributed by atoms with Crippen LogP contribution in [0.15, 0.2) is 30.3 Å². The van der Waals surface area contributed by atoms with Gasteiger partial charge in [-0.3, -0.25) is 4.79 Å². The predicted molar refractivity (Wildman–Crippen MR) is 119 cm³/mol. The van der Waals surface area contributed by atoms with Crippen LogP contribution in [0.3, 0.4) is 0 Å². The number of piperidine rings is 1. The molecule has 1 heterocycles. The third-order valence-corrected chi connectivity index (χ3v) is 5.01. The number of nitrogens with one attached hydrogen (secondary N) is 3. The van der Waals surface area contributed by atoms with Crippen molar-refractivity contribution >= 4 is 18.1 Å². The summed E-state index contributed by atoms with van der Waals surface area (Å²) in [6.45, 7) is 4.80. The number of nitrogens with zero attached hydrogens (tertiary/aromatic N) is 1. The van der Waals surface area contributed by atoms with Crippen LogP contribution in [0.25, 0.3) is 0 Å². The van der Waals surface area contributed by atoms with Gasteiger partial charge in [-0.25, -0.2) is 14.5 Å². The number of aliphatic carboxylic acids is 1. The maximum Gasteiger partial charge on any atom is 0.407 e. The molecule has 4 atom stereocenters. The van der Waals surface area contributed by atoms with Gasteiger partial charge in [0.25, 0.3) is 0 Å². The van der Waals surface area contributed by atoms with Crippen LogP contribution in [0.1, 0.15) is 39.2 Å². The molecule has 0 aromatic heterocycles. The lowest BCUT2D eigenvalue weighted by Gasteiger charge is -2.40. The summed E-state index contributed by atoms with van der Waals surface area (Å²) >= 11 is 0. The molecule has 0 bridgehead atoms. The van der Waals surface area contributed by atoms with Crippen molar-refractivity contribution in [1.82, 2.24) is 20.9 Å². The number of hydrogen-bond donors (Lipinski definition) is 6. The Hall–Kier alpha value is -2.89. The maximum absolute atomic E-state index is 12.5. The molecule has 0 spiro atoms. The quantitative estimate of drug-likeness (QED) is 0.325. The molecule has 184 valence electrons. The number of carboxylic acids is 1. The molecule has 1 aliphatic rings. The fourth-order valence-corrected chi connectivity index (χ4v) is 3.54. The molecule has 3 amide bonds. The third-order valence-electron chi connectivity index (χ3n) is 5.01. The number of amides is 3. The molecule has 0 aliphatic carbocycles. The number of alkyl carbamates (subject to hydrolysis) is 1. The minimum absolute atomic E-state index is 0.0876. The molecule has 1 aromatic rings. The van der Waals surface area contributed by atoms with Crippen LogP contribution in [-0.4, -0.2) is 81.5 Å². The number of hydrogen-bond acceptors (Lipinski definition) is 7. The molecule has 1 aromatic carbocycles. The molecular formula is C22H34N4O7. The fourth-order valence-electron chi connectivity index (χ4n) is 3.54. The maximum atomic E-state index is 12.5. The molecule has 11 nitrogen and oxygen atoms in total. The van der Waals surface area contributed by atoms with Gasteiger partial charge in [0.1, 0.15) is 24.6 Å². The van der Waals surface area contributed by atoms with E-state index in [4.69, 9.17) is 9.84 Å². The zero-order valence-corrected chi connectivity index (χ0v) is 19.2. The summed E-state index contributed by atoms with van der Waals surface area (Å²) in [5.41, 5.74) is 0.289. The standard InChI is InChI=1S/C22H34N4O7/c1-22(2,3)33-21(32)24-15(11-14-7-5-4-6-8-14)12-23-20(31)25-16-9-10-17(27)26(19(16)30)13-18(28)29/h4-8,15-17,19,27,30H,9-13H2,1-3H3,(H,24,32)(H,28,29)(H2,23,25,31)/t15-,16-,17-,19-/m0/s1. The zero-order valence-electron chi connectivity index (χ0n) is 19.2. The van der Waals surface area contributed by atoms with Gasteiger partial charge in [0.05, 0.1) is 12.1 Å². The first-order valence-corrected chi connectivity index (χ1v) is 10.9. The van der Waals surface area contributed by atoms with Crippen LogP contribution in [0.4, 0.5) is 9.59 Å². The first-order valence-electron chi connectivity index (χ1n) is 10.9. The lowest BCUT2D eigenvalue weighted by atomic mass is 10.0. The first-order chi connectivity index (χ1) is 15.4. The highest BCUT2D eigenvalue weighted by molar-refractivity contribution is 5.74. The minimum atomic E-state index is -1.35. The Bertz CT molecular complexity index is 800. The Morgan fingerprint density at radius 2 is 1.82 bits per heavy atom. The van der Waals surface area contributed by atoms with Crippen LogP contribution in [0.5, 0.6) is 0 Å². The van der Waals surface area contributed by atoms with Crippen molar-refractivity contribution in [3.05, 3.63) is 35.9 Å². The number of urea groups is 1. The van der Waals surface area contributed by atoms with Crippen LogP contribution in [0.2, 0.25) is 0 Å². The highest BCUT2D eigenvalue weighted by Crippen LogP contribution is 2.20. The summed E-state index contributed by atoms with van der Waals surface area (Å²) < 4.78 is 5.31. The Balaban J connectivity index is 1.95. The second-order valence-electron chi connectivity index (χ2n) is 9.03. The Morgan fingerprint density at radius 3 is 2.42 bits per heavy atom. The number of rotatable bonds is 8. The topological polar surface area (TPSA) is 160 Å². The van der Waals surface area contributed by atoms with E-state index in [1.54, 1.807) is 20.8 Å². The Labute approximate surface area is 193 Å². The smallest absolute Gasteiger partial charge is 0.407 e. The SMILES string of the molecule is CC(C)(C)OC(=O)N[C@H](CNC(=O)N[C@H]1CC[C@H](O)N(CC(=O)O)[C@H]1O)Cc1ccccc1. The van der Waals surface area contributed by atoms with E-state index in [1.807, 2.05) is 30.3 Å². The van der Waals surface area contributed by atoms with Crippen molar-refractivity contribution < 1.29 is 34.4 Å². The fraction of sp³-hybridized carbons (Fsp3) is 0.591. The molecule has 11 heteroatoms. The average Bonchev–Trinajstić information content (AvgIpc) is 2.70. The van der Waals surface area contributed by atoms with Gasteiger partial charge in [-0.05, 0) is 45.6 Å². The van der Waals surface area contributed by atoms with E-state index in [0.29, 0.717) is 6.42 Å². The van der Waals surface area contributed by atoms with Gasteiger partial charge in [0.15, 0.2) is 0 Å². The number of carbonyl (C=O) groups excluding carboxylic acids is 2. The molecule has 1 fully saturated rings. The van der Waals surface area contributed by atoms with E-state index in [0.717, 1.165) is 10.5 Å². The van der Waals surface area contributed by atoms with Crippen LogP contribution >= 0.6 is 0 Å². The second-order valence-corrected chi connectivity index (χ2v) is 9.03. The van der Waals surface area contributed by atoms with Crippen LogP contribution < -0.4 is 16.0 Å². The summed E-state index contributed by atoms with van der Waals surface area (Å²) in [6, 6.07) is 7.63. The number of likely N-dealkylation sites (tertiary alicyclic amines) is 1. The van der Waals surface area contributed by atoms with Gasteiger partial charge < -0.3 is 36.0 Å². The van der Waals surface area contributed by atoms with E-state index >= 15 is 0 Å². The van der Waals surface area contributed by atoms with Gasteiger partial charge in [-0.15, -0.1) is 0 Å². The summed E-state index contributed by atoms with van der Waals surface area (Å²) in [4.78, 5) is 36.7. The molecule has 33 heavy (non-hydrogen) atoms. The number of ether oxygens (including phenoxy) is 1. The molecule has 2 rings (SSSR count). The van der Waals surface area contributed by atoms with Crippen molar-refractivity contribution in [3.63, 3.8) is 0 Å². The molecule has 0 unspecified atom stereocenters. The Kier molecular flexibility index (Phi) is 9.44. The van der Waals surface area contributed by atoms with Gasteiger partial charge in [0.2, 0.25) is 0 Å². The summed E-state index contributed by atoms with van der Waals surface area (Å²) in [7, 11) is 0. The number of aliphatic hydroxyl groups is 2. The number of carboxylic acid groups (broad SMARTS) is 1. The third kappa shape index (κ3) is 9.24. The average molecular weight is 467 g/mol. The molecule has 1 saturated heterocycles. The van der Waals surface area contributed by atoms with E-state index in [2.05, 4.69) is 16.0 Å². The summed E-state index contributed by atoms with van der Waals surface area (Å²) in [5, 5.41) is 37.4. The monoisotopic (exact) mass is 466 g/mol. The van der Waals surface area contributed by atoms with E-state index in [9.17, 15) is 24.6 Å². The van der Waals surface area contributed by atoms with E-state index < -0.39 is 54.8 Å². The normalized spacial score (nSPS) is 22.2. The highest BCUT2D eigenvalue weighted by atomic mass is 16.6.